The summed E-state index contributed by atoms with van der Waals surface area (Å²) in [6, 6.07) is 17.8. The van der Waals surface area contributed by atoms with E-state index in [0.717, 1.165) is 35.4 Å². The topological polar surface area (TPSA) is 69.0 Å². The largest absolute Gasteiger partial charge is 0.492 e. The third-order valence-electron chi connectivity index (χ3n) is 5.60. The molecule has 0 radical (unpaired) electrons. The summed E-state index contributed by atoms with van der Waals surface area (Å²) in [5, 5.41) is 2.97. The van der Waals surface area contributed by atoms with Crippen LogP contribution in [0.4, 0.5) is 0 Å². The van der Waals surface area contributed by atoms with Gasteiger partial charge < -0.3 is 14.6 Å². The zero-order valence-electron chi connectivity index (χ0n) is 18.5. The number of hydrogen-bond donors (Lipinski definition) is 1. The first-order chi connectivity index (χ1) is 15.6. The molecule has 1 N–H and O–H groups in total. The van der Waals surface area contributed by atoms with E-state index in [1.165, 1.54) is 11.1 Å². The predicted molar refractivity (Wildman–Crippen MR) is 126 cm³/mol. The molecule has 2 aromatic heterocycles. The van der Waals surface area contributed by atoms with E-state index < -0.39 is 0 Å². The third kappa shape index (κ3) is 5.14. The fourth-order valence-corrected chi connectivity index (χ4v) is 3.68. The Bertz CT molecular complexity index is 1200. The maximum Gasteiger partial charge on any atom is 0.251 e. The second kappa shape index (κ2) is 10.1. The molecule has 0 saturated carbocycles. The lowest BCUT2D eigenvalue weighted by atomic mass is 10.1. The first-order valence-corrected chi connectivity index (χ1v) is 10.9. The van der Waals surface area contributed by atoms with Crippen LogP contribution in [0.1, 0.15) is 33.7 Å². The number of benzene rings is 2. The van der Waals surface area contributed by atoms with Gasteiger partial charge in [-0.15, -0.1) is 0 Å². The Morgan fingerprint density at radius 3 is 2.66 bits per heavy atom. The summed E-state index contributed by atoms with van der Waals surface area (Å²) in [5.41, 5.74) is 5.19. The summed E-state index contributed by atoms with van der Waals surface area (Å²) >= 11 is 0. The lowest BCUT2D eigenvalue weighted by Crippen LogP contribution is -2.25. The van der Waals surface area contributed by atoms with E-state index in [-0.39, 0.29) is 5.91 Å². The Hall–Kier alpha value is -3.67. The molecule has 2 heterocycles. The van der Waals surface area contributed by atoms with Crippen LogP contribution in [0.2, 0.25) is 0 Å². The summed E-state index contributed by atoms with van der Waals surface area (Å²) in [5.74, 6) is 1.81. The Morgan fingerprint density at radius 1 is 1.03 bits per heavy atom. The number of nitrogens with zero attached hydrogens (tertiary/aromatic N) is 3. The van der Waals surface area contributed by atoms with Crippen molar-refractivity contribution in [1.82, 2.24) is 19.9 Å². The van der Waals surface area contributed by atoms with E-state index in [4.69, 9.17) is 9.72 Å². The van der Waals surface area contributed by atoms with Crippen LogP contribution in [0.25, 0.3) is 11.0 Å². The van der Waals surface area contributed by atoms with Crippen LogP contribution >= 0.6 is 0 Å². The summed E-state index contributed by atoms with van der Waals surface area (Å²) in [6.45, 7) is 6.06. The molecule has 32 heavy (non-hydrogen) atoms. The van der Waals surface area contributed by atoms with Crippen LogP contribution in [0.3, 0.4) is 0 Å². The number of carbonyl (C=O) groups is 1. The Morgan fingerprint density at radius 2 is 1.84 bits per heavy atom. The van der Waals surface area contributed by atoms with E-state index in [0.29, 0.717) is 25.3 Å². The molecule has 0 atom stereocenters. The quantitative estimate of drug-likeness (QED) is 0.399. The highest BCUT2D eigenvalue weighted by Gasteiger charge is 2.11. The Kier molecular flexibility index (Phi) is 6.80. The number of ether oxygens (including phenoxy) is 1. The molecule has 6 heteroatoms. The maximum absolute atomic E-state index is 12.2. The molecular weight excluding hydrogens is 400 g/mol. The maximum atomic E-state index is 12.2. The highest BCUT2D eigenvalue weighted by atomic mass is 16.5. The molecular formula is C26H28N4O2. The lowest BCUT2D eigenvalue weighted by molar-refractivity contribution is 0.0953. The van der Waals surface area contributed by atoms with Gasteiger partial charge in [-0.1, -0.05) is 18.2 Å². The molecule has 0 aliphatic rings. The molecule has 6 nitrogen and oxygen atoms in total. The number of amides is 1. The Balaban J connectivity index is 1.37. The second-order valence-corrected chi connectivity index (χ2v) is 7.86. The minimum Gasteiger partial charge on any atom is -0.492 e. The summed E-state index contributed by atoms with van der Waals surface area (Å²) in [7, 11) is 0. The standard InChI is InChI=1S/C26H28N4O2/c1-19-9-10-22(18-20(19)2)32-17-16-30-24-7-4-3-6-23(24)29-25(30)8-5-13-28-26(31)21-11-14-27-15-12-21/h3-4,6-7,9-12,14-15,18H,5,8,13,16-17H2,1-2H3,(H,28,31). The van der Waals surface area contributed by atoms with Crippen molar-refractivity contribution >= 4 is 16.9 Å². The van der Waals surface area contributed by atoms with Gasteiger partial charge in [0.15, 0.2) is 0 Å². The number of aromatic nitrogens is 3. The van der Waals surface area contributed by atoms with Crippen LogP contribution < -0.4 is 10.1 Å². The number of pyridine rings is 1. The summed E-state index contributed by atoms with van der Waals surface area (Å²) < 4.78 is 8.24. The molecule has 0 unspecified atom stereocenters. The molecule has 4 aromatic rings. The average Bonchev–Trinajstić information content (AvgIpc) is 3.17. The van der Waals surface area contributed by atoms with Gasteiger partial charge in [0.1, 0.15) is 18.2 Å². The minimum atomic E-state index is -0.0808. The van der Waals surface area contributed by atoms with E-state index in [9.17, 15) is 4.79 Å². The normalized spacial score (nSPS) is 10.9. The van der Waals surface area contributed by atoms with Gasteiger partial charge in [-0.3, -0.25) is 9.78 Å². The van der Waals surface area contributed by atoms with Crippen molar-refractivity contribution in [2.45, 2.75) is 33.2 Å². The van der Waals surface area contributed by atoms with Crippen LogP contribution in [0.5, 0.6) is 5.75 Å². The van der Waals surface area contributed by atoms with Crippen LogP contribution in [0, 0.1) is 13.8 Å². The number of fused-ring (bicyclic) bond motifs is 1. The van der Waals surface area contributed by atoms with E-state index >= 15 is 0 Å². The van der Waals surface area contributed by atoms with Crippen molar-refractivity contribution in [2.24, 2.45) is 0 Å². The van der Waals surface area contributed by atoms with E-state index in [2.05, 4.69) is 46.9 Å². The molecule has 0 spiro atoms. The molecule has 0 bridgehead atoms. The van der Waals surface area contributed by atoms with Crippen LogP contribution in [0.15, 0.2) is 67.0 Å². The van der Waals surface area contributed by atoms with E-state index in [1.54, 1.807) is 24.5 Å². The van der Waals surface area contributed by atoms with Gasteiger partial charge in [0.2, 0.25) is 0 Å². The van der Waals surface area contributed by atoms with Crippen LogP contribution in [-0.4, -0.2) is 33.6 Å². The number of hydrogen-bond acceptors (Lipinski definition) is 4. The SMILES string of the molecule is Cc1ccc(OCCn2c(CCCNC(=O)c3ccncc3)nc3ccccc32)cc1C. The van der Waals surface area contributed by atoms with Crippen molar-refractivity contribution in [3.05, 3.63) is 89.5 Å². The smallest absolute Gasteiger partial charge is 0.251 e. The lowest BCUT2D eigenvalue weighted by Gasteiger charge is -2.12. The van der Waals surface area contributed by atoms with Gasteiger partial charge >= 0.3 is 0 Å². The highest BCUT2D eigenvalue weighted by molar-refractivity contribution is 5.93. The molecule has 0 aliphatic carbocycles. The van der Waals surface area contributed by atoms with Gasteiger partial charge in [-0.25, -0.2) is 4.98 Å². The molecule has 2 aromatic carbocycles. The third-order valence-corrected chi connectivity index (χ3v) is 5.60. The molecule has 0 saturated heterocycles. The highest BCUT2D eigenvalue weighted by Crippen LogP contribution is 2.19. The van der Waals surface area contributed by atoms with Gasteiger partial charge in [-0.05, 0) is 67.8 Å². The van der Waals surface area contributed by atoms with Crippen molar-refractivity contribution in [2.75, 3.05) is 13.2 Å². The predicted octanol–water partition coefficient (Wildman–Crippen LogP) is 4.49. The van der Waals surface area contributed by atoms with Gasteiger partial charge in [-0.2, -0.15) is 0 Å². The zero-order chi connectivity index (χ0) is 22.3. The number of nitrogens with one attached hydrogen (secondary N) is 1. The number of carbonyl (C=O) groups excluding carboxylic acids is 1. The fourth-order valence-electron chi connectivity index (χ4n) is 3.68. The molecule has 164 valence electrons. The number of para-hydroxylation sites is 2. The van der Waals surface area contributed by atoms with Crippen molar-refractivity contribution in [1.29, 1.82) is 0 Å². The van der Waals surface area contributed by atoms with Gasteiger partial charge in [0.05, 0.1) is 17.6 Å². The monoisotopic (exact) mass is 428 g/mol. The first-order valence-electron chi connectivity index (χ1n) is 10.9. The average molecular weight is 429 g/mol. The molecule has 4 rings (SSSR count). The molecule has 0 fully saturated rings. The minimum absolute atomic E-state index is 0.0808. The number of aryl methyl sites for hydroxylation is 3. The van der Waals surface area contributed by atoms with Gasteiger partial charge in [0, 0.05) is 30.9 Å². The number of rotatable bonds is 9. The van der Waals surface area contributed by atoms with Crippen LogP contribution in [-0.2, 0) is 13.0 Å². The van der Waals surface area contributed by atoms with Crippen molar-refractivity contribution in [3.63, 3.8) is 0 Å². The molecule has 0 aliphatic heterocycles. The second-order valence-electron chi connectivity index (χ2n) is 7.86. The summed E-state index contributed by atoms with van der Waals surface area (Å²) in [4.78, 5) is 21.0. The molecule has 1 amide bonds. The fraction of sp³-hybridized carbons (Fsp3) is 0.269. The first kappa shape index (κ1) is 21.6. The summed E-state index contributed by atoms with van der Waals surface area (Å²) in [6.07, 6.45) is 4.82. The van der Waals surface area contributed by atoms with Gasteiger partial charge in [0.25, 0.3) is 5.91 Å². The zero-order valence-corrected chi connectivity index (χ0v) is 18.5. The van der Waals surface area contributed by atoms with Crippen molar-refractivity contribution < 1.29 is 9.53 Å². The van der Waals surface area contributed by atoms with Crippen molar-refractivity contribution in [3.8, 4) is 5.75 Å². The Labute approximate surface area is 188 Å². The number of imidazole rings is 1. The van der Waals surface area contributed by atoms with E-state index in [1.807, 2.05) is 24.3 Å².